The van der Waals surface area contributed by atoms with Crippen molar-refractivity contribution in [3.05, 3.63) is 35.9 Å². The SMILES string of the molecule is Cl.O=C(OCc1ccccc1)N1CCCN1C(=O)[C@@H]1CCCN1C(=O)N1CCCN1C(=O)[C@@H]1CCCN1C(=O)N1CCCN1C(=O)[C@@H]1CCCN1C(=O)N1CCCN1C(=O)[C@@H]1CCCN1. The fourth-order valence-corrected chi connectivity index (χ4v) is 10.7. The summed E-state index contributed by atoms with van der Waals surface area (Å²) in [5.41, 5.74) is 0.821. The van der Waals surface area contributed by atoms with Gasteiger partial charge >= 0.3 is 24.2 Å². The summed E-state index contributed by atoms with van der Waals surface area (Å²) in [4.78, 5) is 117. The van der Waals surface area contributed by atoms with Crippen LogP contribution in [0.3, 0.4) is 0 Å². The predicted octanol–water partition coefficient (Wildman–Crippen LogP) is 2.05. The summed E-state index contributed by atoms with van der Waals surface area (Å²) in [6, 6.07) is 5.13. The minimum Gasteiger partial charge on any atom is -0.443 e. The van der Waals surface area contributed by atoms with Crippen molar-refractivity contribution < 1.29 is 43.1 Å². The van der Waals surface area contributed by atoms with E-state index in [1.165, 1.54) is 49.9 Å². The van der Waals surface area contributed by atoms with E-state index in [1.54, 1.807) is 4.90 Å². The van der Waals surface area contributed by atoms with Gasteiger partial charge in [0.15, 0.2) is 0 Å². The Balaban J connectivity index is 0.00000576. The Morgan fingerprint density at radius 2 is 0.831 bits per heavy atom. The van der Waals surface area contributed by atoms with E-state index >= 15 is 0 Å². The van der Waals surface area contributed by atoms with Crippen molar-refractivity contribution in [2.45, 2.75) is 108 Å². The summed E-state index contributed by atoms with van der Waals surface area (Å²) in [7, 11) is 0. The van der Waals surface area contributed by atoms with Gasteiger partial charge < -0.3 is 24.8 Å². The lowest BCUT2D eigenvalue weighted by Crippen LogP contribution is -2.61. The Morgan fingerprint density at radius 1 is 0.446 bits per heavy atom. The maximum Gasteiger partial charge on any atom is 0.429 e. The average molecular weight is 925 g/mol. The quantitative estimate of drug-likeness (QED) is 0.442. The van der Waals surface area contributed by atoms with Crippen molar-refractivity contribution in [1.29, 1.82) is 0 Å². The van der Waals surface area contributed by atoms with Crippen molar-refractivity contribution in [2.24, 2.45) is 0 Å². The van der Waals surface area contributed by atoms with E-state index < -0.39 is 42.2 Å². The lowest BCUT2D eigenvalue weighted by molar-refractivity contribution is -0.148. The van der Waals surface area contributed by atoms with Gasteiger partial charge in [-0.25, -0.2) is 59.2 Å². The van der Waals surface area contributed by atoms with E-state index in [-0.39, 0.29) is 75.0 Å². The topological polar surface area (TPSA) is 193 Å². The highest BCUT2D eigenvalue weighted by molar-refractivity contribution is 5.94. The van der Waals surface area contributed by atoms with Gasteiger partial charge in [-0.2, -0.15) is 0 Å². The van der Waals surface area contributed by atoms with Crippen LogP contribution < -0.4 is 5.32 Å². The fourth-order valence-electron chi connectivity index (χ4n) is 10.7. The molecule has 65 heavy (non-hydrogen) atoms. The summed E-state index contributed by atoms with van der Waals surface area (Å²) < 4.78 is 5.53. The zero-order chi connectivity index (χ0) is 44.5. The molecule has 4 atom stereocenters. The lowest BCUT2D eigenvalue weighted by atomic mass is 10.2. The van der Waals surface area contributed by atoms with Crippen molar-refractivity contribution in [3.63, 3.8) is 0 Å². The molecular weight excluding hydrogens is 864 g/mol. The number of halogens is 1. The van der Waals surface area contributed by atoms with Crippen LogP contribution in [-0.2, 0) is 30.5 Å². The van der Waals surface area contributed by atoms with Crippen LogP contribution in [0.4, 0.5) is 19.2 Å². The molecule has 21 nitrogen and oxygen atoms in total. The standard InChI is InChI=1S/C43H60N12O9.ClH/c56-36(32-14-4-18-44-32)48-22-8-26-52(48)40(60)45-19-5-15-33(45)37(57)49-23-9-27-53(49)41(61)46-20-6-16-34(46)38(58)50-24-10-28-54(50)42(62)47-21-7-17-35(47)39(59)51-25-11-29-55(51)43(63)64-30-31-12-2-1-3-13-31;/h1-3,12-13,32-35,44H,4-11,14-30H2;1H/t32-,33-,34-,35-;/m0./s1. The van der Waals surface area contributed by atoms with E-state index in [2.05, 4.69) is 5.32 Å². The second-order valence-electron chi connectivity index (χ2n) is 17.8. The molecule has 22 heteroatoms. The average Bonchev–Trinajstić information content (AvgIpc) is 4.18. The molecule has 0 radical (unpaired) electrons. The molecule has 8 aliphatic rings. The van der Waals surface area contributed by atoms with Crippen LogP contribution in [0, 0.1) is 0 Å². The highest BCUT2D eigenvalue weighted by Gasteiger charge is 2.49. The number of nitrogens with zero attached hydrogens (tertiary/aromatic N) is 11. The zero-order valence-corrected chi connectivity index (χ0v) is 37.7. The number of ether oxygens (including phenoxy) is 1. The molecule has 1 aromatic carbocycles. The number of hydrogen-bond donors (Lipinski definition) is 1. The molecule has 11 amide bonds. The highest BCUT2D eigenvalue weighted by atomic mass is 35.5. The van der Waals surface area contributed by atoms with Crippen LogP contribution in [0.2, 0.25) is 0 Å². The Kier molecular flexibility index (Phi) is 14.1. The molecular formula is C43H61ClN12O9. The monoisotopic (exact) mass is 924 g/mol. The molecule has 0 aliphatic carbocycles. The van der Waals surface area contributed by atoms with Crippen molar-refractivity contribution >= 4 is 60.2 Å². The van der Waals surface area contributed by atoms with Gasteiger partial charge in [-0.05, 0) is 89.2 Å². The Labute approximate surface area is 384 Å². The van der Waals surface area contributed by atoms with E-state index in [4.69, 9.17) is 4.74 Å². The van der Waals surface area contributed by atoms with E-state index in [0.717, 1.165) is 24.9 Å². The minimum atomic E-state index is -0.868. The second-order valence-corrected chi connectivity index (χ2v) is 17.8. The molecule has 8 heterocycles. The number of likely N-dealkylation sites (tertiary alicyclic amines) is 3. The smallest absolute Gasteiger partial charge is 0.429 e. The number of nitrogens with one attached hydrogen (secondary N) is 1. The van der Waals surface area contributed by atoms with Crippen molar-refractivity contribution in [1.82, 2.24) is 60.1 Å². The zero-order valence-electron chi connectivity index (χ0n) is 36.9. The first-order valence-electron chi connectivity index (χ1n) is 23.3. The summed E-state index contributed by atoms with van der Waals surface area (Å²) in [6.07, 6.45) is 6.21. The molecule has 8 aliphatic heterocycles. The van der Waals surface area contributed by atoms with Gasteiger partial charge in [-0.1, -0.05) is 30.3 Å². The van der Waals surface area contributed by atoms with E-state index in [9.17, 15) is 38.4 Å². The summed E-state index contributed by atoms with van der Waals surface area (Å²) in [6.45, 7) is 4.30. The Hall–Kier alpha value is -5.57. The van der Waals surface area contributed by atoms with Gasteiger partial charge in [0, 0.05) is 72.0 Å². The molecule has 1 aromatic rings. The van der Waals surface area contributed by atoms with Gasteiger partial charge in [0.05, 0.1) is 6.04 Å². The normalized spacial score (nSPS) is 25.6. The molecule has 0 saturated carbocycles. The third-order valence-corrected chi connectivity index (χ3v) is 13.9. The van der Waals surface area contributed by atoms with E-state index in [0.29, 0.717) is 110 Å². The third-order valence-electron chi connectivity index (χ3n) is 13.9. The Morgan fingerprint density at radius 3 is 1.25 bits per heavy atom. The predicted molar refractivity (Wildman–Crippen MR) is 232 cm³/mol. The molecule has 354 valence electrons. The van der Waals surface area contributed by atoms with Crippen LogP contribution in [0.1, 0.15) is 82.6 Å². The largest absolute Gasteiger partial charge is 0.443 e. The number of hydrazine groups is 4. The molecule has 0 bridgehead atoms. The number of rotatable bonds is 6. The first kappa shape index (κ1) is 46.0. The summed E-state index contributed by atoms with van der Waals surface area (Å²) >= 11 is 0. The van der Waals surface area contributed by atoms with Gasteiger partial charge in [0.25, 0.3) is 23.6 Å². The summed E-state index contributed by atoms with van der Waals surface area (Å²) in [5.74, 6) is -1.25. The van der Waals surface area contributed by atoms with Crippen LogP contribution in [-0.4, -0.2) is 205 Å². The number of benzene rings is 1. The third kappa shape index (κ3) is 8.92. The lowest BCUT2D eigenvalue weighted by Gasteiger charge is -2.39. The molecule has 0 unspecified atom stereocenters. The van der Waals surface area contributed by atoms with Gasteiger partial charge in [0.2, 0.25) is 0 Å². The molecule has 9 rings (SSSR count). The fraction of sp³-hybridized carbons (Fsp3) is 0.674. The first-order valence-corrected chi connectivity index (χ1v) is 23.3. The minimum absolute atomic E-state index is 0. The maximum absolute atomic E-state index is 14.4. The number of hydrogen-bond acceptors (Lipinski definition) is 10. The van der Waals surface area contributed by atoms with Gasteiger partial charge in [-0.3, -0.25) is 19.2 Å². The number of amides is 11. The van der Waals surface area contributed by atoms with Crippen molar-refractivity contribution in [3.8, 4) is 0 Å². The highest BCUT2D eigenvalue weighted by Crippen LogP contribution is 2.31. The number of carbonyl (C=O) groups excluding carboxylic acids is 8. The van der Waals surface area contributed by atoms with Gasteiger partial charge in [-0.15, -0.1) is 12.4 Å². The summed E-state index contributed by atoms with van der Waals surface area (Å²) in [5, 5.41) is 14.5. The van der Waals surface area contributed by atoms with E-state index in [1.807, 2.05) is 30.3 Å². The number of urea groups is 3. The molecule has 8 fully saturated rings. The van der Waals surface area contributed by atoms with Crippen LogP contribution >= 0.6 is 12.4 Å². The maximum atomic E-state index is 14.4. The Bertz CT molecular complexity index is 1990. The first-order chi connectivity index (χ1) is 31.1. The number of carbonyl (C=O) groups is 8. The van der Waals surface area contributed by atoms with Crippen LogP contribution in [0.15, 0.2) is 30.3 Å². The van der Waals surface area contributed by atoms with Crippen molar-refractivity contribution in [2.75, 3.05) is 78.5 Å². The van der Waals surface area contributed by atoms with Crippen LogP contribution in [0.25, 0.3) is 0 Å². The molecule has 8 saturated heterocycles. The molecule has 0 spiro atoms. The molecule has 1 N–H and O–H groups in total. The van der Waals surface area contributed by atoms with Crippen LogP contribution in [0.5, 0.6) is 0 Å². The molecule has 0 aromatic heterocycles. The van der Waals surface area contributed by atoms with Gasteiger partial charge in [0.1, 0.15) is 24.7 Å². The second kappa shape index (κ2) is 19.9.